The number of imidazole rings is 1. The quantitative estimate of drug-likeness (QED) is 0.285. The Morgan fingerprint density at radius 2 is 1.93 bits per heavy atom. The van der Waals surface area contributed by atoms with Crippen LogP contribution in [0, 0.1) is 13.8 Å². The molecule has 0 aliphatic carbocycles. The van der Waals surface area contributed by atoms with Gasteiger partial charge in [-0.05, 0) is 83.3 Å². The highest BCUT2D eigenvalue weighted by Crippen LogP contribution is 2.38. The Hall–Kier alpha value is -2.69. The van der Waals surface area contributed by atoms with Crippen LogP contribution in [0.2, 0.25) is 18.1 Å². The van der Waals surface area contributed by atoms with E-state index in [1.54, 1.807) is 0 Å². The van der Waals surface area contributed by atoms with Crippen LogP contribution >= 0.6 is 0 Å². The van der Waals surface area contributed by atoms with Gasteiger partial charge in [-0.2, -0.15) is 0 Å². The van der Waals surface area contributed by atoms with Crippen molar-refractivity contribution in [2.45, 2.75) is 104 Å². The number of ether oxygens (including phenoxy) is 2. The lowest BCUT2D eigenvalue weighted by molar-refractivity contribution is 0.0492. The van der Waals surface area contributed by atoms with Crippen LogP contribution in [-0.2, 0) is 13.9 Å². The molecule has 40 heavy (non-hydrogen) atoms. The van der Waals surface area contributed by atoms with Gasteiger partial charge in [-0.25, -0.2) is 9.78 Å². The van der Waals surface area contributed by atoms with Crippen molar-refractivity contribution in [1.29, 1.82) is 0 Å². The molecule has 0 saturated carbocycles. The van der Waals surface area contributed by atoms with Crippen molar-refractivity contribution >= 4 is 25.4 Å². The molecule has 1 aromatic carbocycles. The molecule has 1 fully saturated rings. The average Bonchev–Trinajstić information content (AvgIpc) is 3.54. The van der Waals surface area contributed by atoms with Crippen molar-refractivity contribution in [2.75, 3.05) is 19.8 Å². The Morgan fingerprint density at radius 1 is 1.20 bits per heavy atom. The van der Waals surface area contributed by atoms with Gasteiger partial charge < -0.3 is 28.3 Å². The van der Waals surface area contributed by atoms with E-state index in [4.69, 9.17) is 23.4 Å². The standard InChI is InChI=1S/C30H46N4O5Si/c1-19-26(20(2)39-33-19)21-11-12-25-24(17-21)31-27(34(25)22-13-15-36-18-22)23(32-28(35)38-29(3,4)5)14-16-37-40(9,10)30(6,7)8/h11-12,17,22-23H,13-16,18H2,1-10H3,(H,32,35)/t22-,23-/m0/s1. The highest BCUT2D eigenvalue weighted by Gasteiger charge is 2.37. The summed E-state index contributed by atoms with van der Waals surface area (Å²) >= 11 is 0. The molecule has 4 rings (SSSR count). The Bertz CT molecular complexity index is 1320. The first-order valence-corrected chi connectivity index (χ1v) is 17.1. The average molecular weight is 571 g/mol. The summed E-state index contributed by atoms with van der Waals surface area (Å²) in [6.45, 7) is 22.4. The van der Waals surface area contributed by atoms with Gasteiger partial charge in [0.15, 0.2) is 8.32 Å². The number of benzene rings is 1. The van der Waals surface area contributed by atoms with Crippen LogP contribution in [0.4, 0.5) is 4.79 Å². The van der Waals surface area contributed by atoms with Gasteiger partial charge in [-0.1, -0.05) is 32.0 Å². The van der Waals surface area contributed by atoms with Crippen molar-refractivity contribution < 1.29 is 23.2 Å². The second kappa shape index (κ2) is 11.3. The smallest absolute Gasteiger partial charge is 0.408 e. The Morgan fingerprint density at radius 3 is 2.50 bits per heavy atom. The summed E-state index contributed by atoms with van der Waals surface area (Å²) in [5.41, 5.74) is 4.06. The van der Waals surface area contributed by atoms with Gasteiger partial charge in [0.1, 0.15) is 17.2 Å². The van der Waals surface area contributed by atoms with E-state index in [0.717, 1.165) is 45.9 Å². The highest BCUT2D eigenvalue weighted by molar-refractivity contribution is 6.74. The van der Waals surface area contributed by atoms with Crippen LogP contribution in [-0.4, -0.2) is 54.5 Å². The van der Waals surface area contributed by atoms with E-state index >= 15 is 0 Å². The van der Waals surface area contributed by atoms with Crippen LogP contribution in [0.25, 0.3) is 22.2 Å². The third kappa shape index (κ3) is 6.61. The molecule has 2 atom stereocenters. The minimum atomic E-state index is -1.98. The van der Waals surface area contributed by atoms with Gasteiger partial charge in [0.05, 0.1) is 35.4 Å². The molecule has 2 aromatic heterocycles. The maximum absolute atomic E-state index is 13.0. The summed E-state index contributed by atoms with van der Waals surface area (Å²) in [7, 11) is -1.98. The summed E-state index contributed by atoms with van der Waals surface area (Å²) in [6, 6.07) is 5.98. The number of alkyl carbamates (subject to hydrolysis) is 1. The molecule has 1 aliphatic heterocycles. The fourth-order valence-corrected chi connectivity index (χ4v) is 5.95. The zero-order chi connectivity index (χ0) is 29.5. The lowest BCUT2D eigenvalue weighted by Gasteiger charge is -2.36. The zero-order valence-corrected chi connectivity index (χ0v) is 26.8. The number of hydrogen-bond acceptors (Lipinski definition) is 7. The van der Waals surface area contributed by atoms with E-state index in [1.807, 2.05) is 34.6 Å². The predicted octanol–water partition coefficient (Wildman–Crippen LogP) is 7.25. The normalized spacial score (nSPS) is 17.4. The molecule has 1 N–H and O–H groups in total. The van der Waals surface area contributed by atoms with Crippen LogP contribution < -0.4 is 5.32 Å². The van der Waals surface area contributed by atoms with Crippen molar-refractivity contribution in [3.63, 3.8) is 0 Å². The van der Waals surface area contributed by atoms with E-state index in [0.29, 0.717) is 26.2 Å². The first-order valence-electron chi connectivity index (χ1n) is 14.2. The fraction of sp³-hybridized carbons (Fsp3) is 0.633. The number of rotatable bonds is 8. The van der Waals surface area contributed by atoms with Crippen molar-refractivity contribution in [3.05, 3.63) is 35.5 Å². The van der Waals surface area contributed by atoms with E-state index in [9.17, 15) is 4.79 Å². The highest BCUT2D eigenvalue weighted by atomic mass is 28.4. The maximum Gasteiger partial charge on any atom is 0.408 e. The molecular weight excluding hydrogens is 524 g/mol. The second-order valence-electron chi connectivity index (χ2n) is 13.4. The number of fused-ring (bicyclic) bond motifs is 1. The summed E-state index contributed by atoms with van der Waals surface area (Å²) in [4.78, 5) is 18.2. The summed E-state index contributed by atoms with van der Waals surface area (Å²) in [5.74, 6) is 1.55. The van der Waals surface area contributed by atoms with Crippen molar-refractivity contribution in [2.24, 2.45) is 0 Å². The van der Waals surface area contributed by atoms with Gasteiger partial charge >= 0.3 is 6.09 Å². The second-order valence-corrected chi connectivity index (χ2v) is 18.2. The third-order valence-electron chi connectivity index (χ3n) is 7.99. The Balaban J connectivity index is 1.76. The van der Waals surface area contributed by atoms with E-state index in [-0.39, 0.29) is 11.1 Å². The molecule has 0 spiro atoms. The number of nitrogens with zero attached hydrogens (tertiary/aromatic N) is 3. The van der Waals surface area contributed by atoms with Gasteiger partial charge in [0, 0.05) is 18.8 Å². The molecule has 0 bridgehead atoms. The molecule has 9 nitrogen and oxygen atoms in total. The molecule has 1 saturated heterocycles. The first-order chi connectivity index (χ1) is 18.6. The molecule has 10 heteroatoms. The number of carbonyl (C=O) groups excluding carboxylic acids is 1. The van der Waals surface area contributed by atoms with Crippen LogP contribution in [0.15, 0.2) is 22.7 Å². The monoisotopic (exact) mass is 570 g/mol. The number of amides is 1. The minimum absolute atomic E-state index is 0.0873. The number of carbonyl (C=O) groups is 1. The number of aromatic nitrogens is 3. The van der Waals surface area contributed by atoms with E-state index in [1.165, 1.54) is 0 Å². The van der Waals surface area contributed by atoms with Crippen LogP contribution in [0.5, 0.6) is 0 Å². The molecule has 3 heterocycles. The number of aryl methyl sites for hydroxylation is 2. The maximum atomic E-state index is 13.0. The molecule has 1 aliphatic rings. The summed E-state index contributed by atoms with van der Waals surface area (Å²) < 4.78 is 25.7. The number of hydrogen-bond donors (Lipinski definition) is 1. The lowest BCUT2D eigenvalue weighted by atomic mass is 10.0. The molecular formula is C30H46N4O5Si. The molecule has 1 amide bonds. The topological polar surface area (TPSA) is 101 Å². The zero-order valence-electron chi connectivity index (χ0n) is 25.8. The number of nitrogens with one attached hydrogen (secondary N) is 1. The van der Waals surface area contributed by atoms with E-state index < -0.39 is 26.1 Å². The Labute approximate surface area is 239 Å². The largest absolute Gasteiger partial charge is 0.444 e. The van der Waals surface area contributed by atoms with E-state index in [2.05, 4.69) is 67.1 Å². The van der Waals surface area contributed by atoms with Gasteiger partial charge in [-0.3, -0.25) is 0 Å². The van der Waals surface area contributed by atoms with Gasteiger partial charge in [0.25, 0.3) is 0 Å². The van der Waals surface area contributed by atoms with Gasteiger partial charge in [-0.15, -0.1) is 0 Å². The van der Waals surface area contributed by atoms with Gasteiger partial charge in [0.2, 0.25) is 0 Å². The molecule has 0 radical (unpaired) electrons. The minimum Gasteiger partial charge on any atom is -0.444 e. The molecule has 220 valence electrons. The van der Waals surface area contributed by atoms with Crippen LogP contribution in [0.3, 0.4) is 0 Å². The van der Waals surface area contributed by atoms with Crippen molar-refractivity contribution in [3.8, 4) is 11.1 Å². The fourth-order valence-electron chi connectivity index (χ4n) is 4.89. The molecule has 0 unspecified atom stereocenters. The lowest BCUT2D eigenvalue weighted by Crippen LogP contribution is -2.42. The molecule has 3 aromatic rings. The summed E-state index contributed by atoms with van der Waals surface area (Å²) in [6.07, 6.45) is 0.978. The predicted molar refractivity (Wildman–Crippen MR) is 159 cm³/mol. The van der Waals surface area contributed by atoms with Crippen LogP contribution in [0.1, 0.15) is 83.7 Å². The van der Waals surface area contributed by atoms with Crippen molar-refractivity contribution in [1.82, 2.24) is 20.0 Å². The SMILES string of the molecule is Cc1noc(C)c1-c1ccc2c(c1)nc([C@H](CCO[Si](C)(C)C(C)(C)C)NC(=O)OC(C)(C)C)n2[C@H]1CCOC1. The third-order valence-corrected chi connectivity index (χ3v) is 12.5. The first kappa shape index (κ1) is 30.3. The Kier molecular flexibility index (Phi) is 8.55. The summed E-state index contributed by atoms with van der Waals surface area (Å²) in [5, 5.41) is 7.34.